The summed E-state index contributed by atoms with van der Waals surface area (Å²) in [5, 5.41) is 0. The number of anilines is 1. The van der Waals surface area contributed by atoms with Crippen molar-refractivity contribution in [2.45, 2.75) is 56.8 Å². The molecule has 1 saturated carbocycles. The molecule has 7 nitrogen and oxygen atoms in total. The van der Waals surface area contributed by atoms with Crippen LogP contribution in [0.2, 0.25) is 0 Å². The SMILES string of the molecule is Nc1nccc(C2CCCN(C(=O)c3coc(C4CCCCC4)n3)C2)n1. The number of rotatable bonds is 3. The topological polar surface area (TPSA) is 98.1 Å². The number of piperidine rings is 1. The van der Waals surface area contributed by atoms with E-state index in [-0.39, 0.29) is 17.8 Å². The van der Waals surface area contributed by atoms with Crippen LogP contribution in [0.5, 0.6) is 0 Å². The number of oxazole rings is 1. The Hall–Kier alpha value is -2.44. The second-order valence-corrected chi connectivity index (χ2v) is 7.34. The van der Waals surface area contributed by atoms with Crippen molar-refractivity contribution in [1.29, 1.82) is 0 Å². The zero-order valence-corrected chi connectivity index (χ0v) is 14.9. The van der Waals surface area contributed by atoms with E-state index in [1.807, 2.05) is 11.0 Å². The highest BCUT2D eigenvalue weighted by Crippen LogP contribution is 2.32. The number of hydrogen-bond acceptors (Lipinski definition) is 6. The van der Waals surface area contributed by atoms with Crippen LogP contribution in [0.25, 0.3) is 0 Å². The zero-order chi connectivity index (χ0) is 17.9. The molecule has 26 heavy (non-hydrogen) atoms. The minimum atomic E-state index is -0.0532. The average Bonchev–Trinajstić information content (AvgIpc) is 3.18. The lowest BCUT2D eigenvalue weighted by Crippen LogP contribution is -2.39. The summed E-state index contributed by atoms with van der Waals surface area (Å²) in [7, 11) is 0. The van der Waals surface area contributed by atoms with E-state index in [9.17, 15) is 4.79 Å². The standard InChI is InChI=1S/C19H25N5O2/c20-19-21-9-8-15(23-19)14-7-4-10-24(11-14)18(25)16-12-26-17(22-16)13-5-2-1-3-6-13/h8-9,12-14H,1-7,10-11H2,(H2,20,21,23). The van der Waals surface area contributed by atoms with Crippen LogP contribution in [0.3, 0.4) is 0 Å². The van der Waals surface area contributed by atoms with E-state index in [0.29, 0.717) is 18.2 Å². The van der Waals surface area contributed by atoms with E-state index in [4.69, 9.17) is 10.2 Å². The van der Waals surface area contributed by atoms with E-state index in [1.54, 1.807) is 6.20 Å². The van der Waals surface area contributed by atoms with Crippen LogP contribution in [-0.4, -0.2) is 38.8 Å². The summed E-state index contributed by atoms with van der Waals surface area (Å²) in [6.07, 6.45) is 11.1. The molecule has 1 atom stereocenters. The average molecular weight is 355 g/mol. The van der Waals surface area contributed by atoms with Gasteiger partial charge in [0.1, 0.15) is 6.26 Å². The van der Waals surface area contributed by atoms with Crippen LogP contribution in [0.15, 0.2) is 22.9 Å². The number of amides is 1. The lowest BCUT2D eigenvalue weighted by molar-refractivity contribution is 0.0700. The molecule has 1 aliphatic carbocycles. The monoisotopic (exact) mass is 355 g/mol. The maximum absolute atomic E-state index is 12.9. The fraction of sp³-hybridized carbons (Fsp3) is 0.579. The highest BCUT2D eigenvalue weighted by atomic mass is 16.3. The fourth-order valence-electron chi connectivity index (χ4n) is 4.10. The number of nitrogens with two attached hydrogens (primary N) is 1. The fourth-order valence-corrected chi connectivity index (χ4v) is 4.10. The number of carbonyl (C=O) groups excluding carboxylic acids is 1. The molecule has 2 aromatic heterocycles. The molecule has 138 valence electrons. The number of carbonyl (C=O) groups is 1. The van der Waals surface area contributed by atoms with E-state index >= 15 is 0 Å². The molecule has 7 heteroatoms. The summed E-state index contributed by atoms with van der Waals surface area (Å²) in [6, 6.07) is 1.88. The molecule has 1 amide bonds. The molecule has 0 bridgehead atoms. The third-order valence-electron chi connectivity index (χ3n) is 5.52. The second-order valence-electron chi connectivity index (χ2n) is 7.34. The molecule has 1 saturated heterocycles. The lowest BCUT2D eigenvalue weighted by Gasteiger charge is -2.32. The van der Waals surface area contributed by atoms with Crippen LogP contribution in [-0.2, 0) is 0 Å². The Morgan fingerprint density at radius 3 is 2.73 bits per heavy atom. The van der Waals surface area contributed by atoms with E-state index in [2.05, 4.69) is 15.0 Å². The van der Waals surface area contributed by atoms with Gasteiger partial charge in [0.2, 0.25) is 5.95 Å². The summed E-state index contributed by atoms with van der Waals surface area (Å²) < 4.78 is 5.65. The van der Waals surface area contributed by atoms with Crippen molar-refractivity contribution >= 4 is 11.9 Å². The molecule has 2 aliphatic rings. The van der Waals surface area contributed by atoms with Gasteiger partial charge < -0.3 is 15.1 Å². The van der Waals surface area contributed by atoms with Crippen LogP contribution < -0.4 is 5.73 Å². The molecule has 1 unspecified atom stereocenters. The molecule has 1 aliphatic heterocycles. The third-order valence-corrected chi connectivity index (χ3v) is 5.52. The summed E-state index contributed by atoms with van der Waals surface area (Å²) >= 11 is 0. The predicted octanol–water partition coefficient (Wildman–Crippen LogP) is 3.11. The Kier molecular flexibility index (Phi) is 4.86. The highest BCUT2D eigenvalue weighted by molar-refractivity contribution is 5.92. The minimum Gasteiger partial charge on any atom is -0.448 e. The van der Waals surface area contributed by atoms with E-state index in [1.165, 1.54) is 25.5 Å². The maximum Gasteiger partial charge on any atom is 0.275 e. The van der Waals surface area contributed by atoms with Gasteiger partial charge in [-0.1, -0.05) is 19.3 Å². The maximum atomic E-state index is 12.9. The quantitative estimate of drug-likeness (QED) is 0.908. The van der Waals surface area contributed by atoms with Gasteiger partial charge in [0.15, 0.2) is 11.6 Å². The van der Waals surface area contributed by atoms with E-state index < -0.39 is 0 Å². The predicted molar refractivity (Wildman–Crippen MR) is 96.7 cm³/mol. The molecule has 0 aromatic carbocycles. The van der Waals surface area contributed by atoms with Gasteiger partial charge in [-0.2, -0.15) is 0 Å². The van der Waals surface area contributed by atoms with Gasteiger partial charge in [0.25, 0.3) is 5.91 Å². The minimum absolute atomic E-state index is 0.0532. The van der Waals surface area contributed by atoms with Gasteiger partial charge in [-0.25, -0.2) is 15.0 Å². The number of likely N-dealkylation sites (tertiary alicyclic amines) is 1. The lowest BCUT2D eigenvalue weighted by atomic mass is 9.89. The number of hydrogen-bond donors (Lipinski definition) is 1. The van der Waals surface area contributed by atoms with E-state index in [0.717, 1.165) is 43.8 Å². The molecular weight excluding hydrogens is 330 g/mol. The Morgan fingerprint density at radius 1 is 1.12 bits per heavy atom. The van der Waals surface area contributed by atoms with Crippen molar-refractivity contribution in [2.75, 3.05) is 18.8 Å². The molecular formula is C19H25N5O2. The van der Waals surface area contributed by atoms with Crippen LogP contribution in [0, 0.1) is 0 Å². The summed E-state index contributed by atoms with van der Waals surface area (Å²) in [6.45, 7) is 1.36. The first kappa shape index (κ1) is 17.0. The van der Waals surface area contributed by atoms with Crippen molar-refractivity contribution in [2.24, 2.45) is 0 Å². The number of nitrogens with zero attached hydrogens (tertiary/aromatic N) is 4. The molecule has 2 fully saturated rings. The normalized spacial score (nSPS) is 21.7. The summed E-state index contributed by atoms with van der Waals surface area (Å²) in [5.41, 5.74) is 7.02. The van der Waals surface area contributed by atoms with Gasteiger partial charge >= 0.3 is 0 Å². The number of nitrogen functional groups attached to an aromatic ring is 1. The van der Waals surface area contributed by atoms with Gasteiger partial charge in [-0.15, -0.1) is 0 Å². The highest BCUT2D eigenvalue weighted by Gasteiger charge is 2.29. The van der Waals surface area contributed by atoms with Crippen molar-refractivity contribution in [3.8, 4) is 0 Å². The number of aromatic nitrogens is 3. The first-order chi connectivity index (χ1) is 12.7. The molecule has 2 N–H and O–H groups in total. The smallest absolute Gasteiger partial charge is 0.275 e. The van der Waals surface area contributed by atoms with Crippen molar-refractivity contribution in [3.05, 3.63) is 35.8 Å². The van der Waals surface area contributed by atoms with Crippen LogP contribution in [0.1, 0.15) is 78.9 Å². The second kappa shape index (κ2) is 7.43. The largest absolute Gasteiger partial charge is 0.448 e. The van der Waals surface area contributed by atoms with Crippen molar-refractivity contribution < 1.29 is 9.21 Å². The van der Waals surface area contributed by atoms with Gasteiger partial charge in [0, 0.05) is 31.1 Å². The first-order valence-electron chi connectivity index (χ1n) is 9.54. The molecule has 2 aromatic rings. The molecule has 0 radical (unpaired) electrons. The van der Waals surface area contributed by atoms with Crippen molar-refractivity contribution in [3.63, 3.8) is 0 Å². The molecule has 4 rings (SSSR count). The summed E-state index contributed by atoms with van der Waals surface area (Å²) in [5.74, 6) is 1.50. The van der Waals surface area contributed by atoms with Crippen LogP contribution in [0.4, 0.5) is 5.95 Å². The van der Waals surface area contributed by atoms with Crippen molar-refractivity contribution in [1.82, 2.24) is 19.9 Å². The summed E-state index contributed by atoms with van der Waals surface area (Å²) in [4.78, 5) is 27.5. The van der Waals surface area contributed by atoms with Gasteiger partial charge in [-0.3, -0.25) is 4.79 Å². The Labute approximate surface area is 153 Å². The molecule has 0 spiro atoms. The van der Waals surface area contributed by atoms with Gasteiger partial charge in [-0.05, 0) is 31.7 Å². The molecule has 3 heterocycles. The Balaban J connectivity index is 1.45. The third kappa shape index (κ3) is 3.57. The zero-order valence-electron chi connectivity index (χ0n) is 14.9. The Bertz CT molecular complexity index is 769. The first-order valence-corrected chi connectivity index (χ1v) is 9.54. The van der Waals surface area contributed by atoms with Crippen LogP contribution >= 0.6 is 0 Å². The Morgan fingerprint density at radius 2 is 1.92 bits per heavy atom. The van der Waals surface area contributed by atoms with Gasteiger partial charge in [0.05, 0.1) is 5.69 Å².